The van der Waals surface area contributed by atoms with Gasteiger partial charge in [-0.15, -0.1) is 0 Å². The average Bonchev–Trinajstić information content (AvgIpc) is 2.67. The zero-order chi connectivity index (χ0) is 10.6. The SMILES string of the molecule is CC1(CNCc2ccccc2)CCCS1. The van der Waals surface area contributed by atoms with E-state index in [0.717, 1.165) is 13.1 Å². The van der Waals surface area contributed by atoms with Crippen molar-refractivity contribution in [2.45, 2.75) is 31.1 Å². The number of nitrogens with one attached hydrogen (secondary N) is 1. The van der Waals surface area contributed by atoms with Crippen LogP contribution in [0, 0.1) is 0 Å². The molecule has 0 saturated carbocycles. The molecular formula is C13H19NS. The first-order chi connectivity index (χ1) is 7.29. The highest BCUT2D eigenvalue weighted by molar-refractivity contribution is 8.00. The van der Waals surface area contributed by atoms with E-state index in [1.807, 2.05) is 0 Å². The molecule has 0 aromatic heterocycles. The van der Waals surface area contributed by atoms with E-state index in [1.165, 1.54) is 24.2 Å². The Kier molecular flexibility index (Phi) is 3.71. The van der Waals surface area contributed by atoms with Crippen molar-refractivity contribution in [3.8, 4) is 0 Å². The van der Waals surface area contributed by atoms with Crippen molar-refractivity contribution in [1.82, 2.24) is 5.32 Å². The van der Waals surface area contributed by atoms with Gasteiger partial charge in [-0.1, -0.05) is 30.3 Å². The summed E-state index contributed by atoms with van der Waals surface area (Å²) in [5.41, 5.74) is 1.38. The highest BCUT2D eigenvalue weighted by atomic mass is 32.2. The molecule has 0 bridgehead atoms. The smallest absolute Gasteiger partial charge is 0.0256 e. The summed E-state index contributed by atoms with van der Waals surface area (Å²) in [5.74, 6) is 1.34. The first-order valence-corrected chi connectivity index (χ1v) is 6.66. The van der Waals surface area contributed by atoms with E-state index < -0.39 is 0 Å². The number of rotatable bonds is 4. The summed E-state index contributed by atoms with van der Waals surface area (Å²) >= 11 is 2.12. The van der Waals surface area contributed by atoms with Gasteiger partial charge in [-0.25, -0.2) is 0 Å². The molecule has 1 atom stereocenters. The van der Waals surface area contributed by atoms with Gasteiger partial charge in [-0.05, 0) is 31.1 Å². The molecule has 82 valence electrons. The first-order valence-electron chi connectivity index (χ1n) is 5.67. The Labute approximate surface area is 96.7 Å². The highest BCUT2D eigenvalue weighted by Crippen LogP contribution is 2.36. The average molecular weight is 221 g/mol. The molecule has 15 heavy (non-hydrogen) atoms. The second kappa shape index (κ2) is 5.04. The lowest BCUT2D eigenvalue weighted by Crippen LogP contribution is -2.32. The van der Waals surface area contributed by atoms with Crippen LogP contribution in [-0.2, 0) is 6.54 Å². The van der Waals surface area contributed by atoms with Crippen LogP contribution < -0.4 is 5.32 Å². The molecule has 0 amide bonds. The van der Waals surface area contributed by atoms with Gasteiger partial charge in [0.05, 0.1) is 0 Å². The fraction of sp³-hybridized carbons (Fsp3) is 0.538. The molecule has 0 radical (unpaired) electrons. The van der Waals surface area contributed by atoms with Gasteiger partial charge >= 0.3 is 0 Å². The summed E-state index contributed by atoms with van der Waals surface area (Å²) in [4.78, 5) is 0. The molecule has 1 heterocycles. The Morgan fingerprint density at radius 1 is 1.33 bits per heavy atom. The normalized spacial score (nSPS) is 25.7. The molecular weight excluding hydrogens is 202 g/mol. The molecule has 1 saturated heterocycles. The van der Waals surface area contributed by atoms with Gasteiger partial charge in [-0.2, -0.15) is 11.8 Å². The predicted molar refractivity (Wildman–Crippen MR) is 68.2 cm³/mol. The van der Waals surface area contributed by atoms with E-state index in [9.17, 15) is 0 Å². The van der Waals surface area contributed by atoms with Crippen molar-refractivity contribution in [3.05, 3.63) is 35.9 Å². The largest absolute Gasteiger partial charge is 0.311 e. The van der Waals surface area contributed by atoms with Crippen LogP contribution in [0.5, 0.6) is 0 Å². The highest BCUT2D eigenvalue weighted by Gasteiger charge is 2.28. The molecule has 1 aliphatic rings. The van der Waals surface area contributed by atoms with Crippen LogP contribution in [0.15, 0.2) is 30.3 Å². The van der Waals surface area contributed by atoms with Gasteiger partial charge in [0.15, 0.2) is 0 Å². The molecule has 1 fully saturated rings. The summed E-state index contributed by atoms with van der Waals surface area (Å²) in [6, 6.07) is 10.6. The van der Waals surface area contributed by atoms with Gasteiger partial charge in [-0.3, -0.25) is 0 Å². The maximum Gasteiger partial charge on any atom is 0.0256 e. The van der Waals surface area contributed by atoms with Crippen LogP contribution in [0.2, 0.25) is 0 Å². The van der Waals surface area contributed by atoms with Gasteiger partial charge in [0, 0.05) is 17.8 Å². The van der Waals surface area contributed by atoms with Crippen molar-refractivity contribution < 1.29 is 0 Å². The molecule has 2 rings (SSSR count). The van der Waals surface area contributed by atoms with Crippen molar-refractivity contribution >= 4 is 11.8 Å². The van der Waals surface area contributed by atoms with E-state index in [4.69, 9.17) is 0 Å². The fourth-order valence-electron chi connectivity index (χ4n) is 2.04. The molecule has 1 N–H and O–H groups in total. The van der Waals surface area contributed by atoms with Crippen molar-refractivity contribution in [2.75, 3.05) is 12.3 Å². The lowest BCUT2D eigenvalue weighted by molar-refractivity contribution is 0.537. The number of hydrogen-bond donors (Lipinski definition) is 1. The Hall–Kier alpha value is -0.470. The number of thioether (sulfide) groups is 1. The van der Waals surface area contributed by atoms with E-state index in [1.54, 1.807) is 0 Å². The summed E-state index contributed by atoms with van der Waals surface area (Å²) < 4.78 is 0.481. The minimum atomic E-state index is 0.481. The Morgan fingerprint density at radius 3 is 2.80 bits per heavy atom. The summed E-state index contributed by atoms with van der Waals surface area (Å²) in [6.45, 7) is 4.51. The topological polar surface area (TPSA) is 12.0 Å². The number of hydrogen-bond acceptors (Lipinski definition) is 2. The Balaban J connectivity index is 1.75. The molecule has 1 nitrogen and oxygen atoms in total. The van der Waals surface area contributed by atoms with Crippen LogP contribution in [0.4, 0.5) is 0 Å². The van der Waals surface area contributed by atoms with Gasteiger partial charge < -0.3 is 5.32 Å². The maximum atomic E-state index is 3.56. The lowest BCUT2D eigenvalue weighted by atomic mass is 10.1. The molecule has 2 heteroatoms. The molecule has 1 aromatic carbocycles. The van der Waals surface area contributed by atoms with Crippen LogP contribution in [0.3, 0.4) is 0 Å². The van der Waals surface area contributed by atoms with Gasteiger partial charge in [0.2, 0.25) is 0 Å². The van der Waals surface area contributed by atoms with Crippen LogP contribution in [-0.4, -0.2) is 17.0 Å². The molecule has 1 aromatic rings. The zero-order valence-corrected chi connectivity index (χ0v) is 10.1. The Bertz CT molecular complexity index is 291. The summed E-state index contributed by atoms with van der Waals surface area (Å²) in [6.07, 6.45) is 2.74. The fourth-order valence-corrected chi connectivity index (χ4v) is 3.32. The third-order valence-corrected chi connectivity index (χ3v) is 4.51. The first kappa shape index (κ1) is 11.0. The van der Waals surface area contributed by atoms with Gasteiger partial charge in [0.1, 0.15) is 0 Å². The minimum Gasteiger partial charge on any atom is -0.311 e. The number of benzene rings is 1. The monoisotopic (exact) mass is 221 g/mol. The van der Waals surface area contributed by atoms with E-state index in [-0.39, 0.29) is 0 Å². The third-order valence-electron chi connectivity index (χ3n) is 2.97. The summed E-state index contributed by atoms with van der Waals surface area (Å²) in [5, 5.41) is 3.56. The van der Waals surface area contributed by atoms with Crippen LogP contribution >= 0.6 is 11.8 Å². The van der Waals surface area contributed by atoms with E-state index >= 15 is 0 Å². The Morgan fingerprint density at radius 2 is 2.13 bits per heavy atom. The van der Waals surface area contributed by atoms with Crippen molar-refractivity contribution in [3.63, 3.8) is 0 Å². The molecule has 0 spiro atoms. The van der Waals surface area contributed by atoms with Crippen LogP contribution in [0.25, 0.3) is 0 Å². The minimum absolute atomic E-state index is 0.481. The third kappa shape index (κ3) is 3.25. The van der Waals surface area contributed by atoms with Gasteiger partial charge in [0.25, 0.3) is 0 Å². The lowest BCUT2D eigenvalue weighted by Gasteiger charge is -2.22. The summed E-state index contributed by atoms with van der Waals surface area (Å²) in [7, 11) is 0. The molecule has 0 aliphatic carbocycles. The zero-order valence-electron chi connectivity index (χ0n) is 9.33. The van der Waals surface area contributed by atoms with Crippen LogP contribution in [0.1, 0.15) is 25.3 Å². The van der Waals surface area contributed by atoms with E-state index in [0.29, 0.717) is 4.75 Å². The second-order valence-corrected chi connectivity index (χ2v) is 6.17. The van der Waals surface area contributed by atoms with E-state index in [2.05, 4.69) is 54.3 Å². The molecule has 1 unspecified atom stereocenters. The standard InChI is InChI=1S/C13H19NS/c1-13(8-5-9-15-13)11-14-10-12-6-3-2-4-7-12/h2-4,6-7,14H,5,8-11H2,1H3. The quantitative estimate of drug-likeness (QED) is 0.838. The predicted octanol–water partition coefficient (Wildman–Crippen LogP) is 3.06. The van der Waals surface area contributed by atoms with Crippen molar-refractivity contribution in [1.29, 1.82) is 0 Å². The maximum absolute atomic E-state index is 3.56. The second-order valence-electron chi connectivity index (χ2n) is 4.49. The molecule has 1 aliphatic heterocycles. The van der Waals surface area contributed by atoms with Crippen molar-refractivity contribution in [2.24, 2.45) is 0 Å².